The van der Waals surface area contributed by atoms with Gasteiger partial charge in [0.1, 0.15) is 0 Å². The lowest BCUT2D eigenvalue weighted by molar-refractivity contribution is 0.101. The van der Waals surface area contributed by atoms with Gasteiger partial charge in [-0.25, -0.2) is 0 Å². The monoisotopic (exact) mass is 220 g/mol. The van der Waals surface area contributed by atoms with Crippen molar-refractivity contribution in [1.29, 1.82) is 0 Å². The van der Waals surface area contributed by atoms with E-state index in [0.29, 0.717) is 17.8 Å². The smallest absolute Gasteiger partial charge is 0.161 e. The van der Waals surface area contributed by atoms with Crippen LogP contribution in [0.15, 0.2) is 18.2 Å². The van der Waals surface area contributed by atoms with Crippen molar-refractivity contribution in [2.45, 2.75) is 19.4 Å². The average Bonchev–Trinajstić information content (AvgIpc) is 2.64. The van der Waals surface area contributed by atoms with Gasteiger partial charge in [0.15, 0.2) is 5.78 Å². The number of aliphatic hydroxyl groups is 1. The molecule has 0 aromatic heterocycles. The molecular formula is C12H16N2O2. The first kappa shape index (κ1) is 11.0. The van der Waals surface area contributed by atoms with Gasteiger partial charge in [-0.05, 0) is 31.5 Å². The molecule has 1 aliphatic heterocycles. The maximum Gasteiger partial charge on any atom is 0.161 e. The molecule has 1 unspecified atom stereocenters. The molecule has 3 N–H and O–H groups in total. The van der Waals surface area contributed by atoms with Gasteiger partial charge in [0.2, 0.25) is 0 Å². The van der Waals surface area contributed by atoms with E-state index >= 15 is 0 Å². The van der Waals surface area contributed by atoms with Gasteiger partial charge >= 0.3 is 0 Å². The van der Waals surface area contributed by atoms with Crippen molar-refractivity contribution in [3.8, 4) is 0 Å². The van der Waals surface area contributed by atoms with Crippen molar-refractivity contribution in [1.82, 2.24) is 0 Å². The molecular weight excluding hydrogens is 204 g/mol. The third-order valence-corrected chi connectivity index (χ3v) is 2.94. The second kappa shape index (κ2) is 4.14. The number of anilines is 2. The van der Waals surface area contributed by atoms with Gasteiger partial charge in [0, 0.05) is 30.0 Å². The lowest BCUT2D eigenvalue weighted by atomic mass is 10.1. The first-order valence-electron chi connectivity index (χ1n) is 5.41. The summed E-state index contributed by atoms with van der Waals surface area (Å²) in [4.78, 5) is 13.3. The molecule has 16 heavy (non-hydrogen) atoms. The van der Waals surface area contributed by atoms with E-state index in [-0.39, 0.29) is 11.9 Å². The SMILES string of the molecule is CC(=O)c1ccc(N2CCC(O)C2)cc1N. The summed E-state index contributed by atoms with van der Waals surface area (Å²) in [7, 11) is 0. The summed E-state index contributed by atoms with van der Waals surface area (Å²) in [5, 5.41) is 9.45. The Morgan fingerprint density at radius 3 is 2.81 bits per heavy atom. The number of carbonyl (C=O) groups excluding carboxylic acids is 1. The predicted octanol–water partition coefficient (Wildman–Crippen LogP) is 1.04. The van der Waals surface area contributed by atoms with Crippen LogP contribution in [-0.4, -0.2) is 30.1 Å². The number of carbonyl (C=O) groups is 1. The molecule has 0 aliphatic carbocycles. The van der Waals surface area contributed by atoms with Crippen LogP contribution in [0.1, 0.15) is 23.7 Å². The molecule has 2 rings (SSSR count). The van der Waals surface area contributed by atoms with Crippen LogP contribution in [-0.2, 0) is 0 Å². The van der Waals surface area contributed by atoms with E-state index in [9.17, 15) is 9.90 Å². The topological polar surface area (TPSA) is 66.6 Å². The summed E-state index contributed by atoms with van der Waals surface area (Å²) >= 11 is 0. The highest BCUT2D eigenvalue weighted by Crippen LogP contribution is 2.25. The van der Waals surface area contributed by atoms with Crippen LogP contribution in [0.2, 0.25) is 0 Å². The second-order valence-corrected chi connectivity index (χ2v) is 4.22. The number of Topliss-reactive ketones (excluding diaryl/α,β-unsaturated/α-hetero) is 1. The van der Waals surface area contributed by atoms with Crippen LogP contribution >= 0.6 is 0 Å². The largest absolute Gasteiger partial charge is 0.398 e. The summed E-state index contributed by atoms with van der Waals surface area (Å²) in [6.07, 6.45) is 0.530. The zero-order valence-electron chi connectivity index (χ0n) is 9.31. The van der Waals surface area contributed by atoms with E-state index in [1.165, 1.54) is 6.92 Å². The fourth-order valence-corrected chi connectivity index (χ4v) is 2.04. The highest BCUT2D eigenvalue weighted by atomic mass is 16.3. The highest BCUT2D eigenvalue weighted by molar-refractivity contribution is 5.99. The first-order valence-corrected chi connectivity index (χ1v) is 5.41. The van der Waals surface area contributed by atoms with Gasteiger partial charge in [-0.15, -0.1) is 0 Å². The number of rotatable bonds is 2. The van der Waals surface area contributed by atoms with E-state index < -0.39 is 0 Å². The number of benzene rings is 1. The Labute approximate surface area is 94.7 Å². The summed E-state index contributed by atoms with van der Waals surface area (Å²) in [5.74, 6) is -0.0227. The Morgan fingerprint density at radius 2 is 2.31 bits per heavy atom. The molecule has 0 saturated carbocycles. The summed E-state index contributed by atoms with van der Waals surface area (Å²) in [5.41, 5.74) is 7.85. The molecule has 4 nitrogen and oxygen atoms in total. The van der Waals surface area contributed by atoms with E-state index in [2.05, 4.69) is 4.90 Å². The Bertz CT molecular complexity index is 417. The quantitative estimate of drug-likeness (QED) is 0.577. The third kappa shape index (κ3) is 2.02. The van der Waals surface area contributed by atoms with Crippen molar-refractivity contribution >= 4 is 17.2 Å². The number of β-amino-alcohol motifs (C(OH)–C–C–N with tert-alkyl or cyclic N) is 1. The summed E-state index contributed by atoms with van der Waals surface area (Å²) in [6, 6.07) is 5.43. The van der Waals surface area contributed by atoms with Crippen molar-refractivity contribution in [2.24, 2.45) is 0 Å². The number of hydrogen-bond donors (Lipinski definition) is 2. The van der Waals surface area contributed by atoms with Gasteiger partial charge in [-0.2, -0.15) is 0 Å². The lowest BCUT2D eigenvalue weighted by Gasteiger charge is -2.18. The van der Waals surface area contributed by atoms with Gasteiger partial charge in [0.05, 0.1) is 6.10 Å². The number of nitrogens with two attached hydrogens (primary N) is 1. The van der Waals surface area contributed by atoms with Crippen LogP contribution < -0.4 is 10.6 Å². The number of hydrogen-bond acceptors (Lipinski definition) is 4. The molecule has 1 heterocycles. The minimum atomic E-state index is -0.256. The van der Waals surface area contributed by atoms with Gasteiger partial charge in [0.25, 0.3) is 0 Å². The van der Waals surface area contributed by atoms with E-state index in [1.807, 2.05) is 6.07 Å². The molecule has 1 aliphatic rings. The fourth-order valence-electron chi connectivity index (χ4n) is 2.04. The van der Waals surface area contributed by atoms with Crippen LogP contribution in [0.4, 0.5) is 11.4 Å². The predicted molar refractivity (Wildman–Crippen MR) is 63.7 cm³/mol. The lowest BCUT2D eigenvalue weighted by Crippen LogP contribution is -2.21. The van der Waals surface area contributed by atoms with Crippen LogP contribution in [0.3, 0.4) is 0 Å². The van der Waals surface area contributed by atoms with Crippen LogP contribution in [0, 0.1) is 0 Å². The molecule has 1 atom stereocenters. The number of ketones is 1. The van der Waals surface area contributed by atoms with E-state index in [4.69, 9.17) is 5.73 Å². The summed E-state index contributed by atoms with van der Waals surface area (Å²) in [6.45, 7) is 2.98. The number of aliphatic hydroxyl groups excluding tert-OH is 1. The van der Waals surface area contributed by atoms with Gasteiger partial charge < -0.3 is 15.7 Å². The Kier molecular flexibility index (Phi) is 2.83. The minimum absolute atomic E-state index is 0.0227. The number of nitrogen functional groups attached to an aromatic ring is 1. The van der Waals surface area contributed by atoms with E-state index in [0.717, 1.165) is 18.7 Å². The van der Waals surface area contributed by atoms with Crippen molar-refractivity contribution in [3.05, 3.63) is 23.8 Å². The fraction of sp³-hybridized carbons (Fsp3) is 0.417. The second-order valence-electron chi connectivity index (χ2n) is 4.22. The molecule has 86 valence electrons. The molecule has 1 aromatic carbocycles. The van der Waals surface area contributed by atoms with Crippen molar-refractivity contribution in [3.63, 3.8) is 0 Å². The Morgan fingerprint density at radius 1 is 1.56 bits per heavy atom. The van der Waals surface area contributed by atoms with Crippen molar-refractivity contribution in [2.75, 3.05) is 23.7 Å². The molecule has 0 radical (unpaired) electrons. The maximum absolute atomic E-state index is 11.2. The summed E-state index contributed by atoms with van der Waals surface area (Å²) < 4.78 is 0. The molecule has 1 fully saturated rings. The molecule has 4 heteroatoms. The Hall–Kier alpha value is -1.55. The molecule has 0 spiro atoms. The van der Waals surface area contributed by atoms with Crippen LogP contribution in [0.25, 0.3) is 0 Å². The third-order valence-electron chi connectivity index (χ3n) is 2.94. The molecule has 0 bridgehead atoms. The molecule has 0 amide bonds. The zero-order chi connectivity index (χ0) is 11.7. The average molecular weight is 220 g/mol. The van der Waals surface area contributed by atoms with Gasteiger partial charge in [-0.1, -0.05) is 0 Å². The maximum atomic E-state index is 11.2. The zero-order valence-corrected chi connectivity index (χ0v) is 9.31. The van der Waals surface area contributed by atoms with E-state index in [1.54, 1.807) is 12.1 Å². The van der Waals surface area contributed by atoms with Crippen LogP contribution in [0.5, 0.6) is 0 Å². The standard InChI is InChI=1S/C12H16N2O2/c1-8(15)11-3-2-9(6-12(11)13)14-5-4-10(16)7-14/h2-3,6,10,16H,4-5,7,13H2,1H3. The highest BCUT2D eigenvalue weighted by Gasteiger charge is 2.20. The normalized spacial score (nSPS) is 20.1. The Balaban J connectivity index is 2.24. The van der Waals surface area contributed by atoms with Crippen molar-refractivity contribution < 1.29 is 9.90 Å². The molecule has 1 saturated heterocycles. The minimum Gasteiger partial charge on any atom is -0.398 e. The first-order chi connectivity index (χ1) is 7.58. The van der Waals surface area contributed by atoms with Gasteiger partial charge in [-0.3, -0.25) is 4.79 Å². The number of nitrogens with zero attached hydrogens (tertiary/aromatic N) is 1. The molecule has 1 aromatic rings.